The Balaban J connectivity index is 1.29. The fraction of sp³-hybridized carbons (Fsp3) is 0.194. The first-order chi connectivity index (χ1) is 18.6. The average Bonchev–Trinajstić information content (AvgIpc) is 3.80. The lowest BCUT2D eigenvalue weighted by molar-refractivity contribution is -0.131. The van der Waals surface area contributed by atoms with Crippen molar-refractivity contribution in [2.24, 2.45) is 0 Å². The van der Waals surface area contributed by atoms with Crippen molar-refractivity contribution in [3.05, 3.63) is 118 Å². The maximum Gasteiger partial charge on any atom is 0.227 e. The molecule has 0 aliphatic carbocycles. The first-order valence-electron chi connectivity index (χ1n) is 12.6. The molecule has 1 atom stereocenters. The average molecular weight is 654 g/mol. The molecule has 1 fully saturated rings. The third-order valence-corrected chi connectivity index (χ3v) is 9.74. The number of rotatable bonds is 6. The molecule has 4 nitrogen and oxygen atoms in total. The first kappa shape index (κ1) is 25.5. The molecule has 38 heavy (non-hydrogen) atoms. The predicted molar refractivity (Wildman–Crippen MR) is 166 cm³/mol. The number of anilines is 1. The molecule has 6 rings (SSSR count). The fourth-order valence-electron chi connectivity index (χ4n) is 5.17. The van der Waals surface area contributed by atoms with Gasteiger partial charge in [0, 0.05) is 66.8 Å². The molecule has 4 aromatic rings. The third-order valence-electron chi connectivity index (χ3n) is 7.15. The van der Waals surface area contributed by atoms with Gasteiger partial charge in [-0.2, -0.15) is 0 Å². The highest BCUT2D eigenvalue weighted by molar-refractivity contribution is 14.2. The molecule has 0 saturated carbocycles. The van der Waals surface area contributed by atoms with Crippen LogP contribution < -0.4 is 4.90 Å². The summed E-state index contributed by atoms with van der Waals surface area (Å²) in [4.78, 5) is 22.4. The Morgan fingerprint density at radius 2 is 1.71 bits per heavy atom. The third kappa shape index (κ3) is 5.51. The van der Waals surface area contributed by atoms with Crippen LogP contribution in [0.2, 0.25) is 10.0 Å². The van der Waals surface area contributed by atoms with E-state index in [1.165, 1.54) is 15.7 Å². The maximum absolute atomic E-state index is 13.7. The van der Waals surface area contributed by atoms with Crippen LogP contribution >= 0.6 is 43.9 Å². The minimum absolute atomic E-state index is 0.0241. The minimum atomic E-state index is 0.0241. The van der Waals surface area contributed by atoms with E-state index in [1.807, 2.05) is 59.6 Å². The topological polar surface area (TPSA) is 36.4 Å². The van der Waals surface area contributed by atoms with Gasteiger partial charge in [0.15, 0.2) is 0 Å². The summed E-state index contributed by atoms with van der Waals surface area (Å²) in [6.07, 6.45) is 3.97. The number of halogens is 3. The van der Waals surface area contributed by atoms with Gasteiger partial charge in [0.2, 0.25) is 5.91 Å². The largest absolute Gasteiger partial charge is 0.360 e. The molecule has 0 bridgehead atoms. The Morgan fingerprint density at radius 3 is 2.47 bits per heavy atom. The summed E-state index contributed by atoms with van der Waals surface area (Å²) in [6.45, 7) is 2.04. The fourth-order valence-corrected chi connectivity index (χ4v) is 6.92. The van der Waals surface area contributed by atoms with Crippen molar-refractivity contribution >= 4 is 59.0 Å². The van der Waals surface area contributed by atoms with Crippen LogP contribution in [-0.2, 0) is 11.2 Å². The lowest BCUT2D eigenvalue weighted by Gasteiger charge is -2.44. The van der Waals surface area contributed by atoms with Crippen LogP contribution in [0.5, 0.6) is 0 Å². The van der Waals surface area contributed by atoms with Crippen LogP contribution in [0.25, 0.3) is 11.1 Å². The molecule has 2 aliphatic heterocycles. The number of piperazine rings is 1. The Labute approximate surface area is 243 Å². The molecular formula is C31H26Cl2IN3O. The number of amides is 1. The van der Waals surface area contributed by atoms with Crippen molar-refractivity contribution in [1.82, 2.24) is 9.88 Å². The molecule has 1 amide bonds. The van der Waals surface area contributed by atoms with Gasteiger partial charge in [0.25, 0.3) is 0 Å². The van der Waals surface area contributed by atoms with E-state index < -0.39 is 0 Å². The van der Waals surface area contributed by atoms with Gasteiger partial charge in [0.1, 0.15) is 0 Å². The second-order valence-corrected chi connectivity index (χ2v) is 13.2. The summed E-state index contributed by atoms with van der Waals surface area (Å²) in [7, 11) is 0. The second-order valence-electron chi connectivity index (χ2n) is 9.51. The number of carbonyl (C=O) groups is 1. The zero-order valence-electron chi connectivity index (χ0n) is 20.7. The van der Waals surface area contributed by atoms with Crippen LogP contribution in [0.4, 0.5) is 5.69 Å². The van der Waals surface area contributed by atoms with E-state index in [2.05, 4.69) is 40.2 Å². The van der Waals surface area contributed by atoms with E-state index in [1.54, 1.807) is 9.71 Å². The highest BCUT2D eigenvalue weighted by Crippen LogP contribution is 2.39. The van der Waals surface area contributed by atoms with Crippen molar-refractivity contribution in [1.29, 1.82) is 0 Å². The normalized spacial score (nSPS) is 17.0. The number of nitrogens with zero attached hydrogens (tertiary/aromatic N) is 3. The summed E-state index contributed by atoms with van der Waals surface area (Å²) in [5.74, 6) is 0.138. The van der Waals surface area contributed by atoms with Gasteiger partial charge < -0.3 is 9.80 Å². The Hall–Kier alpha value is -2.74. The molecule has 0 spiro atoms. The Bertz CT molecular complexity index is 1510. The van der Waals surface area contributed by atoms with Crippen molar-refractivity contribution in [2.75, 3.05) is 29.0 Å². The maximum atomic E-state index is 13.7. The van der Waals surface area contributed by atoms with Crippen molar-refractivity contribution in [3.8, 4) is 11.1 Å². The van der Waals surface area contributed by atoms with E-state index in [4.69, 9.17) is 23.2 Å². The van der Waals surface area contributed by atoms with Crippen LogP contribution in [0.3, 0.4) is 0 Å². The molecular weight excluding hydrogens is 628 g/mol. The smallest absolute Gasteiger partial charge is 0.227 e. The number of benzene rings is 3. The Kier molecular flexibility index (Phi) is 7.50. The van der Waals surface area contributed by atoms with Gasteiger partial charge in [0.05, 0.1) is 12.5 Å². The zero-order chi connectivity index (χ0) is 26.1. The lowest BCUT2D eigenvalue weighted by atomic mass is 9.97. The number of hydrogen-bond acceptors (Lipinski definition) is 3. The van der Waals surface area contributed by atoms with E-state index in [-0.39, 0.29) is 32.7 Å². The zero-order valence-corrected chi connectivity index (χ0v) is 24.3. The van der Waals surface area contributed by atoms with Gasteiger partial charge in [-0.3, -0.25) is 9.78 Å². The predicted octanol–water partition coefficient (Wildman–Crippen LogP) is 7.19. The molecule has 1 aromatic heterocycles. The summed E-state index contributed by atoms with van der Waals surface area (Å²) in [6, 6.07) is 26.4. The molecule has 2 aliphatic rings. The monoisotopic (exact) mass is 653 g/mol. The summed E-state index contributed by atoms with van der Waals surface area (Å²) in [5, 5.41) is 1.48. The number of aromatic nitrogens is 1. The molecule has 3 aromatic carbocycles. The first-order valence-corrected chi connectivity index (χ1v) is 16.0. The van der Waals surface area contributed by atoms with E-state index >= 15 is 0 Å². The van der Waals surface area contributed by atoms with Crippen molar-refractivity contribution in [3.63, 3.8) is 0 Å². The molecule has 3 heterocycles. The molecule has 192 valence electrons. The van der Waals surface area contributed by atoms with Gasteiger partial charge in [-0.1, -0.05) is 65.7 Å². The molecule has 0 radical (unpaired) electrons. The highest BCUT2D eigenvalue weighted by Gasteiger charge is 2.33. The van der Waals surface area contributed by atoms with Crippen LogP contribution in [0, 0.1) is 0 Å². The van der Waals surface area contributed by atoms with E-state index in [0.29, 0.717) is 24.5 Å². The van der Waals surface area contributed by atoms with E-state index in [9.17, 15) is 4.79 Å². The Morgan fingerprint density at radius 1 is 0.921 bits per heavy atom. The lowest BCUT2D eigenvalue weighted by Crippen LogP contribution is -2.51. The van der Waals surface area contributed by atoms with Crippen LogP contribution in [-0.4, -0.2) is 43.4 Å². The van der Waals surface area contributed by atoms with Crippen molar-refractivity contribution in [2.45, 2.75) is 12.5 Å². The number of alkyl halides is 1. The summed E-state index contributed by atoms with van der Waals surface area (Å²) < 4.78 is 2.79. The highest BCUT2D eigenvalue weighted by atomic mass is 127. The van der Waals surface area contributed by atoms with Gasteiger partial charge >= 0.3 is 0 Å². The number of pyridine rings is 1. The minimum Gasteiger partial charge on any atom is -0.360 e. The molecule has 1 unspecified atom stereocenters. The number of carbonyl (C=O) groups excluding carboxylic acids is 1. The SMILES string of the molecule is O=C(Cc1ccccc1-c1cccnc1)N1CCN(c2ccc(Cl)cc2C2=IC2)C(c2ccc(Cl)cc2)C1. The van der Waals surface area contributed by atoms with Crippen LogP contribution in [0.15, 0.2) is 91.3 Å². The molecule has 7 heteroatoms. The molecule has 1 saturated heterocycles. The van der Waals surface area contributed by atoms with E-state index in [0.717, 1.165) is 33.8 Å². The quantitative estimate of drug-likeness (QED) is 0.163. The number of hydrogen-bond donors (Lipinski definition) is 0. The second kappa shape index (κ2) is 11.2. The van der Waals surface area contributed by atoms with Crippen LogP contribution in [0.1, 0.15) is 22.7 Å². The summed E-state index contributed by atoms with van der Waals surface area (Å²) in [5.41, 5.74) is 6.75. The van der Waals surface area contributed by atoms with Gasteiger partial charge in [-0.05, 0) is 53.1 Å². The van der Waals surface area contributed by atoms with Gasteiger partial charge in [-0.15, -0.1) is 20.7 Å². The molecule has 0 N–H and O–H groups in total. The van der Waals surface area contributed by atoms with Crippen molar-refractivity contribution < 1.29 is 4.79 Å². The van der Waals surface area contributed by atoms with Gasteiger partial charge in [-0.25, -0.2) is 0 Å². The summed E-state index contributed by atoms with van der Waals surface area (Å²) >= 11 is 12.8. The standard InChI is InChI=1S/C31H26Cl2IN3O/c32-24-9-7-21(8-10-24)30-20-36(14-15-37(30)29-12-11-25(33)17-27(29)28-18-34-28)31(38)16-22-4-1-2-6-26(22)23-5-3-13-35-19-23/h1-13,17,19,30H,14-16,18,20H2.